The minimum absolute atomic E-state index is 0.00563. The average molecular weight is 338 g/mol. The molecule has 0 unspecified atom stereocenters. The topological polar surface area (TPSA) is 88.2 Å². The lowest BCUT2D eigenvalue weighted by molar-refractivity contribution is -0.105. The molecule has 7 heteroatoms. The third kappa shape index (κ3) is 4.20. The number of benzene rings is 1. The Morgan fingerprint density at radius 2 is 2.17 bits per heavy atom. The maximum absolute atomic E-state index is 14.4. The van der Waals surface area contributed by atoms with Gasteiger partial charge in [-0.1, -0.05) is 30.3 Å². The van der Waals surface area contributed by atoms with Gasteiger partial charge in [-0.2, -0.15) is 0 Å². The zero-order chi connectivity index (χ0) is 17.6. The van der Waals surface area contributed by atoms with E-state index in [4.69, 9.17) is 27.5 Å². The monoisotopic (exact) mass is 337 g/mol. The lowest BCUT2D eigenvalue weighted by Crippen LogP contribution is -2.21. The van der Waals surface area contributed by atoms with Crippen LogP contribution in [0.5, 0.6) is 5.75 Å². The highest BCUT2D eigenvalue weighted by Crippen LogP contribution is 2.31. The fourth-order valence-electron chi connectivity index (χ4n) is 1.83. The first kappa shape index (κ1) is 18.4. The summed E-state index contributed by atoms with van der Waals surface area (Å²) in [6.07, 6.45) is 3.59. The summed E-state index contributed by atoms with van der Waals surface area (Å²) in [5, 5.41) is 10.3. The number of allylic oxidation sites excluding steroid dienone is 2. The second-order valence-electron chi connectivity index (χ2n) is 4.40. The fraction of sp³-hybridized carbons (Fsp3) is 0.125. The summed E-state index contributed by atoms with van der Waals surface area (Å²) in [6, 6.07) is 2.86. The molecule has 0 heterocycles. The van der Waals surface area contributed by atoms with Crippen molar-refractivity contribution in [2.45, 2.75) is 6.92 Å². The summed E-state index contributed by atoms with van der Waals surface area (Å²) in [4.78, 5) is 11.3. The molecule has 1 rings (SSSR count). The van der Waals surface area contributed by atoms with Gasteiger partial charge in [-0.25, -0.2) is 4.39 Å². The highest BCUT2D eigenvalue weighted by Gasteiger charge is 2.16. The summed E-state index contributed by atoms with van der Waals surface area (Å²) in [5.74, 6) is -1.14. The molecule has 0 spiro atoms. The van der Waals surface area contributed by atoms with Crippen molar-refractivity contribution in [1.82, 2.24) is 5.32 Å². The largest absolute Gasteiger partial charge is 0.492 e. The van der Waals surface area contributed by atoms with Crippen LogP contribution in [0.15, 0.2) is 42.1 Å². The third-order valence-corrected chi connectivity index (χ3v) is 3.19. The van der Waals surface area contributed by atoms with E-state index in [1.165, 1.54) is 25.3 Å². The predicted molar refractivity (Wildman–Crippen MR) is 89.9 cm³/mol. The normalized spacial score (nSPS) is 11.8. The van der Waals surface area contributed by atoms with E-state index in [1.54, 1.807) is 13.0 Å². The lowest BCUT2D eigenvalue weighted by Gasteiger charge is -2.14. The Hall–Kier alpha value is -2.60. The number of halogens is 2. The van der Waals surface area contributed by atoms with Gasteiger partial charge in [0.25, 0.3) is 0 Å². The van der Waals surface area contributed by atoms with Gasteiger partial charge < -0.3 is 15.8 Å². The first-order valence-corrected chi connectivity index (χ1v) is 6.89. The average Bonchev–Trinajstić information content (AvgIpc) is 2.50. The summed E-state index contributed by atoms with van der Waals surface area (Å²) >= 11 is 5.84. The fourth-order valence-corrected chi connectivity index (χ4v) is 2.06. The van der Waals surface area contributed by atoms with Crippen LogP contribution in [0, 0.1) is 11.2 Å². The standard InChI is InChI=1S/C16H17ClFN3O2/c1-4-5-11(16(19)20)13(8-22)21-9(2)10-6-7-12(17)15(23-3)14(10)18/h4-8,21H,2H2,1,3H3,(H3,19,20)/b5-4-,13-11?. The SMILES string of the molecule is C=C(NC(C=O)=C(/C=C\C)C(=N)N)c1ccc(Cl)c(OC)c1F. The zero-order valence-electron chi connectivity index (χ0n) is 12.7. The Kier molecular flexibility index (Phi) is 6.53. The van der Waals surface area contributed by atoms with Crippen LogP contribution in [0.2, 0.25) is 5.02 Å². The molecule has 4 N–H and O–H groups in total. The van der Waals surface area contributed by atoms with Gasteiger partial charge in [-0.05, 0) is 19.1 Å². The van der Waals surface area contributed by atoms with Crippen LogP contribution in [0.4, 0.5) is 4.39 Å². The van der Waals surface area contributed by atoms with Gasteiger partial charge in [-0.3, -0.25) is 10.2 Å². The number of ether oxygens (including phenoxy) is 1. The first-order chi connectivity index (χ1) is 10.9. The molecule has 0 atom stereocenters. The predicted octanol–water partition coefficient (Wildman–Crippen LogP) is 3.01. The van der Waals surface area contributed by atoms with Crippen LogP contribution in [0.1, 0.15) is 12.5 Å². The van der Waals surface area contributed by atoms with Gasteiger partial charge in [0.05, 0.1) is 17.8 Å². The highest BCUT2D eigenvalue weighted by atomic mass is 35.5. The number of rotatable bonds is 7. The molecular weight excluding hydrogens is 321 g/mol. The maximum Gasteiger partial charge on any atom is 0.175 e. The Labute approximate surface area is 138 Å². The van der Waals surface area contributed by atoms with E-state index in [9.17, 15) is 9.18 Å². The van der Waals surface area contributed by atoms with Gasteiger partial charge in [0.1, 0.15) is 5.84 Å². The molecule has 0 bridgehead atoms. The van der Waals surface area contributed by atoms with Crippen molar-refractivity contribution in [2.24, 2.45) is 5.73 Å². The lowest BCUT2D eigenvalue weighted by atomic mass is 10.1. The molecule has 0 aliphatic carbocycles. The molecule has 0 amide bonds. The molecule has 0 radical (unpaired) electrons. The van der Waals surface area contributed by atoms with Crippen LogP contribution >= 0.6 is 11.6 Å². The first-order valence-electron chi connectivity index (χ1n) is 6.52. The Morgan fingerprint density at radius 3 is 2.65 bits per heavy atom. The zero-order valence-corrected chi connectivity index (χ0v) is 13.5. The molecule has 23 heavy (non-hydrogen) atoms. The minimum atomic E-state index is -0.710. The van der Waals surface area contributed by atoms with Crippen LogP contribution in [0.25, 0.3) is 5.70 Å². The summed E-state index contributed by atoms with van der Waals surface area (Å²) in [5.41, 5.74) is 5.79. The van der Waals surface area contributed by atoms with Crippen molar-refractivity contribution < 1.29 is 13.9 Å². The molecule has 0 fully saturated rings. The molecule has 0 saturated heterocycles. The molecule has 5 nitrogen and oxygen atoms in total. The Balaban J connectivity index is 3.28. The molecular formula is C16H17ClFN3O2. The second kappa shape index (κ2) is 8.14. The number of nitrogens with two attached hydrogens (primary N) is 1. The Bertz CT molecular complexity index is 712. The van der Waals surface area contributed by atoms with E-state index in [0.29, 0.717) is 6.29 Å². The van der Waals surface area contributed by atoms with Crippen molar-refractivity contribution in [2.75, 3.05) is 7.11 Å². The maximum atomic E-state index is 14.4. The molecule has 0 aliphatic heterocycles. The molecule has 1 aromatic rings. The molecule has 0 aromatic heterocycles. The van der Waals surface area contributed by atoms with Crippen molar-refractivity contribution in [3.8, 4) is 5.75 Å². The molecule has 1 aromatic carbocycles. The number of nitrogens with one attached hydrogen (secondary N) is 2. The van der Waals surface area contributed by atoms with E-state index in [1.807, 2.05) is 0 Å². The summed E-state index contributed by atoms with van der Waals surface area (Å²) in [7, 11) is 1.29. The quantitative estimate of drug-likeness (QED) is 0.235. The molecule has 122 valence electrons. The van der Waals surface area contributed by atoms with Gasteiger partial charge in [0.15, 0.2) is 17.9 Å². The number of hydrogen-bond donors (Lipinski definition) is 3. The van der Waals surface area contributed by atoms with Crippen LogP contribution in [-0.4, -0.2) is 19.2 Å². The van der Waals surface area contributed by atoms with E-state index < -0.39 is 5.82 Å². The number of amidine groups is 1. The number of carbonyl (C=O) groups excluding carboxylic acids is 1. The van der Waals surface area contributed by atoms with Crippen LogP contribution in [0.3, 0.4) is 0 Å². The van der Waals surface area contributed by atoms with E-state index >= 15 is 0 Å². The van der Waals surface area contributed by atoms with E-state index in [-0.39, 0.29) is 39.1 Å². The number of aldehydes is 1. The third-order valence-electron chi connectivity index (χ3n) is 2.90. The summed E-state index contributed by atoms with van der Waals surface area (Å²) < 4.78 is 19.3. The van der Waals surface area contributed by atoms with Crippen molar-refractivity contribution in [1.29, 1.82) is 5.41 Å². The van der Waals surface area contributed by atoms with Crippen LogP contribution < -0.4 is 15.8 Å². The number of carbonyl (C=O) groups is 1. The molecule has 0 saturated carbocycles. The van der Waals surface area contributed by atoms with Crippen molar-refractivity contribution >= 4 is 29.4 Å². The van der Waals surface area contributed by atoms with Gasteiger partial charge in [0.2, 0.25) is 0 Å². The Morgan fingerprint density at radius 1 is 1.52 bits per heavy atom. The molecule has 0 aliphatic rings. The smallest absolute Gasteiger partial charge is 0.175 e. The van der Waals surface area contributed by atoms with Gasteiger partial charge in [0, 0.05) is 16.8 Å². The van der Waals surface area contributed by atoms with Gasteiger partial charge in [-0.15, -0.1) is 0 Å². The van der Waals surface area contributed by atoms with E-state index in [2.05, 4.69) is 11.9 Å². The van der Waals surface area contributed by atoms with Gasteiger partial charge >= 0.3 is 0 Å². The van der Waals surface area contributed by atoms with Crippen molar-refractivity contribution in [3.05, 3.63) is 58.5 Å². The second-order valence-corrected chi connectivity index (χ2v) is 4.81. The van der Waals surface area contributed by atoms with Crippen LogP contribution in [-0.2, 0) is 4.79 Å². The number of methoxy groups -OCH3 is 1. The minimum Gasteiger partial charge on any atom is -0.492 e. The van der Waals surface area contributed by atoms with E-state index in [0.717, 1.165) is 0 Å². The van der Waals surface area contributed by atoms with Crippen molar-refractivity contribution in [3.63, 3.8) is 0 Å². The highest BCUT2D eigenvalue weighted by molar-refractivity contribution is 6.32. The number of hydrogen-bond acceptors (Lipinski definition) is 4. The summed E-state index contributed by atoms with van der Waals surface area (Å²) in [6.45, 7) is 5.41.